The summed E-state index contributed by atoms with van der Waals surface area (Å²) < 4.78 is 11.2. The van der Waals surface area contributed by atoms with Crippen molar-refractivity contribution >= 4 is 21.9 Å². The van der Waals surface area contributed by atoms with Crippen LogP contribution in [-0.4, -0.2) is 25.3 Å². The number of aliphatic carboxylic acids is 1. The first-order valence-electron chi connectivity index (χ1n) is 5.32. The fraction of sp³-hybridized carbons (Fsp3) is 0.417. The van der Waals surface area contributed by atoms with Gasteiger partial charge < -0.3 is 20.3 Å². The number of carboxylic acids is 1. The zero-order valence-electron chi connectivity index (χ0n) is 10.3. The second-order valence-electron chi connectivity index (χ2n) is 3.82. The molecule has 0 radical (unpaired) electrons. The molecule has 6 heteroatoms. The SMILES string of the molecule is COCc1cc(Br)cc(OC)c1C(N)CC(=O)O. The summed E-state index contributed by atoms with van der Waals surface area (Å²) in [4.78, 5) is 10.8. The van der Waals surface area contributed by atoms with E-state index in [9.17, 15) is 4.79 Å². The van der Waals surface area contributed by atoms with Crippen LogP contribution in [0.4, 0.5) is 0 Å². The third-order valence-corrected chi connectivity index (χ3v) is 2.94. The van der Waals surface area contributed by atoms with E-state index in [-0.39, 0.29) is 6.42 Å². The number of rotatable bonds is 6. The van der Waals surface area contributed by atoms with Gasteiger partial charge in [-0.2, -0.15) is 0 Å². The molecule has 0 amide bonds. The summed E-state index contributed by atoms with van der Waals surface area (Å²) in [5.74, 6) is -0.388. The number of nitrogens with two attached hydrogens (primary N) is 1. The monoisotopic (exact) mass is 317 g/mol. The fourth-order valence-electron chi connectivity index (χ4n) is 1.80. The maximum atomic E-state index is 10.8. The Morgan fingerprint density at radius 3 is 2.67 bits per heavy atom. The Bertz CT molecular complexity index is 436. The minimum Gasteiger partial charge on any atom is -0.496 e. The van der Waals surface area contributed by atoms with Gasteiger partial charge in [0.2, 0.25) is 0 Å². The lowest BCUT2D eigenvalue weighted by molar-refractivity contribution is -0.137. The van der Waals surface area contributed by atoms with Gasteiger partial charge in [-0.15, -0.1) is 0 Å². The van der Waals surface area contributed by atoms with E-state index in [1.54, 1.807) is 13.2 Å². The Morgan fingerprint density at radius 2 is 2.17 bits per heavy atom. The molecule has 0 fully saturated rings. The van der Waals surface area contributed by atoms with Crippen molar-refractivity contribution in [1.29, 1.82) is 0 Å². The van der Waals surface area contributed by atoms with Gasteiger partial charge in [0.1, 0.15) is 5.75 Å². The molecule has 1 atom stereocenters. The van der Waals surface area contributed by atoms with Crippen molar-refractivity contribution in [2.75, 3.05) is 14.2 Å². The van der Waals surface area contributed by atoms with Crippen LogP contribution in [0.3, 0.4) is 0 Å². The molecule has 0 aromatic heterocycles. The minimum absolute atomic E-state index is 0.158. The van der Waals surface area contributed by atoms with Crippen LogP contribution in [0.5, 0.6) is 5.75 Å². The molecule has 1 unspecified atom stereocenters. The van der Waals surface area contributed by atoms with E-state index < -0.39 is 12.0 Å². The summed E-state index contributed by atoms with van der Waals surface area (Å²) in [5, 5.41) is 8.82. The fourth-order valence-corrected chi connectivity index (χ4v) is 2.29. The third kappa shape index (κ3) is 3.69. The largest absolute Gasteiger partial charge is 0.496 e. The Morgan fingerprint density at radius 1 is 1.50 bits per heavy atom. The van der Waals surface area contributed by atoms with Crippen molar-refractivity contribution in [2.45, 2.75) is 19.1 Å². The molecule has 0 aliphatic rings. The molecular weight excluding hydrogens is 302 g/mol. The molecule has 0 spiro atoms. The highest BCUT2D eigenvalue weighted by Gasteiger charge is 2.20. The number of ether oxygens (including phenoxy) is 2. The number of hydrogen-bond donors (Lipinski definition) is 2. The topological polar surface area (TPSA) is 81.8 Å². The first-order chi connectivity index (χ1) is 8.49. The number of hydrogen-bond acceptors (Lipinski definition) is 4. The van der Waals surface area contributed by atoms with Crippen LogP contribution in [-0.2, 0) is 16.1 Å². The van der Waals surface area contributed by atoms with E-state index in [0.29, 0.717) is 17.9 Å². The van der Waals surface area contributed by atoms with Crippen molar-refractivity contribution in [1.82, 2.24) is 0 Å². The molecule has 1 rings (SSSR count). The first-order valence-corrected chi connectivity index (χ1v) is 6.11. The van der Waals surface area contributed by atoms with E-state index in [2.05, 4.69) is 15.9 Å². The van der Waals surface area contributed by atoms with Crippen LogP contribution in [0, 0.1) is 0 Å². The van der Waals surface area contributed by atoms with E-state index in [4.69, 9.17) is 20.3 Å². The van der Waals surface area contributed by atoms with Crippen molar-refractivity contribution in [3.05, 3.63) is 27.7 Å². The highest BCUT2D eigenvalue weighted by atomic mass is 79.9. The van der Waals surface area contributed by atoms with Crippen molar-refractivity contribution in [2.24, 2.45) is 5.73 Å². The van der Waals surface area contributed by atoms with E-state index in [1.807, 2.05) is 6.07 Å². The summed E-state index contributed by atoms with van der Waals surface area (Å²) >= 11 is 3.37. The second-order valence-corrected chi connectivity index (χ2v) is 4.73. The Labute approximate surface area is 114 Å². The number of halogens is 1. The van der Waals surface area contributed by atoms with Crippen molar-refractivity contribution in [3.63, 3.8) is 0 Å². The number of methoxy groups -OCH3 is 2. The average Bonchev–Trinajstić information content (AvgIpc) is 2.27. The smallest absolute Gasteiger partial charge is 0.305 e. The molecule has 0 aliphatic heterocycles. The Hall–Kier alpha value is -1.11. The summed E-state index contributed by atoms with van der Waals surface area (Å²) in [6.07, 6.45) is -0.158. The van der Waals surface area contributed by atoms with Gasteiger partial charge in [0.15, 0.2) is 0 Å². The molecular formula is C12H16BrNO4. The number of benzene rings is 1. The Kier molecular flexibility index (Phi) is 5.58. The molecule has 1 aromatic carbocycles. The molecule has 0 heterocycles. The zero-order valence-corrected chi connectivity index (χ0v) is 11.9. The van der Waals surface area contributed by atoms with Gasteiger partial charge in [-0.25, -0.2) is 0 Å². The molecule has 18 heavy (non-hydrogen) atoms. The maximum absolute atomic E-state index is 10.8. The highest BCUT2D eigenvalue weighted by Crippen LogP contribution is 2.33. The van der Waals surface area contributed by atoms with Crippen LogP contribution in [0.15, 0.2) is 16.6 Å². The van der Waals surface area contributed by atoms with Gasteiger partial charge in [-0.1, -0.05) is 15.9 Å². The molecule has 5 nitrogen and oxygen atoms in total. The lowest BCUT2D eigenvalue weighted by Crippen LogP contribution is -2.18. The predicted molar refractivity (Wildman–Crippen MR) is 70.6 cm³/mol. The van der Waals surface area contributed by atoms with Crippen LogP contribution in [0.25, 0.3) is 0 Å². The Balaban J connectivity index is 3.23. The zero-order chi connectivity index (χ0) is 13.7. The summed E-state index contributed by atoms with van der Waals surface area (Å²) in [7, 11) is 3.09. The van der Waals surface area contributed by atoms with Gasteiger partial charge >= 0.3 is 5.97 Å². The van der Waals surface area contributed by atoms with Gasteiger partial charge in [-0.05, 0) is 17.7 Å². The van der Waals surface area contributed by atoms with E-state index in [0.717, 1.165) is 10.0 Å². The number of carbonyl (C=O) groups is 1. The second kappa shape index (κ2) is 6.72. The quantitative estimate of drug-likeness (QED) is 0.839. The van der Waals surface area contributed by atoms with Crippen LogP contribution in [0.1, 0.15) is 23.6 Å². The molecule has 0 saturated carbocycles. The normalized spacial score (nSPS) is 12.2. The highest BCUT2D eigenvalue weighted by molar-refractivity contribution is 9.10. The summed E-state index contributed by atoms with van der Waals surface area (Å²) in [6, 6.07) is 2.98. The van der Waals surface area contributed by atoms with Crippen molar-refractivity contribution in [3.8, 4) is 5.75 Å². The van der Waals surface area contributed by atoms with Crippen LogP contribution < -0.4 is 10.5 Å². The summed E-state index contributed by atoms with van der Waals surface area (Å²) in [5.41, 5.74) is 7.41. The maximum Gasteiger partial charge on any atom is 0.305 e. The average molecular weight is 318 g/mol. The molecule has 1 aromatic rings. The lowest BCUT2D eigenvalue weighted by atomic mass is 9.97. The van der Waals surface area contributed by atoms with Crippen LogP contribution >= 0.6 is 15.9 Å². The lowest BCUT2D eigenvalue weighted by Gasteiger charge is -2.19. The van der Waals surface area contributed by atoms with Gasteiger partial charge in [0.25, 0.3) is 0 Å². The molecule has 100 valence electrons. The molecule has 0 bridgehead atoms. The van der Waals surface area contributed by atoms with E-state index >= 15 is 0 Å². The molecule has 3 N–H and O–H groups in total. The third-order valence-electron chi connectivity index (χ3n) is 2.48. The summed E-state index contributed by atoms with van der Waals surface area (Å²) in [6.45, 7) is 0.346. The van der Waals surface area contributed by atoms with Crippen LogP contribution in [0.2, 0.25) is 0 Å². The molecule has 0 aliphatic carbocycles. The van der Waals surface area contributed by atoms with Crippen molar-refractivity contribution < 1.29 is 19.4 Å². The standard InChI is InChI=1S/C12H16BrNO4/c1-17-6-7-3-8(13)4-10(18-2)12(7)9(14)5-11(15)16/h3-4,9H,5-6,14H2,1-2H3,(H,15,16). The van der Waals surface area contributed by atoms with Gasteiger partial charge in [0.05, 0.1) is 20.1 Å². The minimum atomic E-state index is -0.948. The van der Waals surface area contributed by atoms with Gasteiger partial charge in [0, 0.05) is 23.2 Å². The number of carboxylic acid groups (broad SMARTS) is 1. The first kappa shape index (κ1) is 14.9. The van der Waals surface area contributed by atoms with Gasteiger partial charge in [-0.3, -0.25) is 4.79 Å². The van der Waals surface area contributed by atoms with E-state index in [1.165, 1.54) is 7.11 Å². The predicted octanol–water partition coefficient (Wildman–Crippen LogP) is 2.08. The molecule has 0 saturated heterocycles.